The third kappa shape index (κ3) is 2.23. The lowest BCUT2D eigenvalue weighted by atomic mass is 9.71. The number of hydrogen-bond acceptors (Lipinski definition) is 3. The van der Waals surface area contributed by atoms with Gasteiger partial charge in [-0.1, -0.05) is 39.0 Å². The predicted molar refractivity (Wildman–Crippen MR) is 94.1 cm³/mol. The fraction of sp³-hybridized carbons (Fsp3) is 0.350. The number of hydrogen-bond donors (Lipinski definition) is 2. The van der Waals surface area contributed by atoms with Crippen molar-refractivity contribution in [3.8, 4) is 11.5 Å². The normalized spacial score (nSPS) is 20.3. The van der Waals surface area contributed by atoms with Crippen LogP contribution in [-0.2, 0) is 10.8 Å². The minimum Gasteiger partial charge on any atom is -0.508 e. The Hall–Kier alpha value is -2.29. The van der Waals surface area contributed by atoms with Gasteiger partial charge in [0.05, 0.1) is 11.1 Å². The van der Waals surface area contributed by atoms with Crippen LogP contribution in [0.25, 0.3) is 0 Å². The molecule has 2 N–H and O–H groups in total. The molecule has 3 rings (SSSR count). The molecule has 120 valence electrons. The van der Waals surface area contributed by atoms with Crippen LogP contribution in [0.2, 0.25) is 0 Å². The molecule has 1 aliphatic heterocycles. The van der Waals surface area contributed by atoms with Crippen molar-refractivity contribution in [1.29, 1.82) is 0 Å². The lowest BCUT2D eigenvalue weighted by Gasteiger charge is -2.31. The van der Waals surface area contributed by atoms with Crippen molar-refractivity contribution in [2.24, 2.45) is 4.99 Å². The van der Waals surface area contributed by atoms with Gasteiger partial charge in [-0.15, -0.1) is 0 Å². The Balaban J connectivity index is 2.32. The number of benzene rings is 2. The van der Waals surface area contributed by atoms with Crippen molar-refractivity contribution in [2.45, 2.75) is 45.4 Å². The van der Waals surface area contributed by atoms with Gasteiger partial charge in [0, 0.05) is 16.8 Å². The fourth-order valence-electron chi connectivity index (χ4n) is 3.39. The predicted octanol–water partition coefficient (Wildman–Crippen LogP) is 4.81. The number of aromatic hydroxyl groups is 2. The van der Waals surface area contributed by atoms with Crippen LogP contribution >= 0.6 is 0 Å². The molecular formula is C20H23NO2. The number of nitrogens with zero attached hydrogens (tertiary/aromatic N) is 1. The summed E-state index contributed by atoms with van der Waals surface area (Å²) in [7, 11) is 0. The molecule has 1 heterocycles. The molecule has 0 aromatic heterocycles. The van der Waals surface area contributed by atoms with Crippen LogP contribution in [0.5, 0.6) is 11.5 Å². The molecule has 0 saturated carbocycles. The van der Waals surface area contributed by atoms with Crippen LogP contribution in [0.4, 0.5) is 5.69 Å². The van der Waals surface area contributed by atoms with Gasteiger partial charge < -0.3 is 10.2 Å². The Bertz CT molecular complexity index is 815. The summed E-state index contributed by atoms with van der Waals surface area (Å²) in [5, 5.41) is 21.2. The summed E-state index contributed by atoms with van der Waals surface area (Å²) in [5.74, 6) is 0.408. The van der Waals surface area contributed by atoms with E-state index in [-0.39, 0.29) is 16.9 Å². The van der Waals surface area contributed by atoms with Crippen LogP contribution < -0.4 is 0 Å². The molecule has 1 unspecified atom stereocenters. The van der Waals surface area contributed by atoms with E-state index in [4.69, 9.17) is 0 Å². The van der Waals surface area contributed by atoms with Crippen LogP contribution in [0.15, 0.2) is 41.4 Å². The Labute approximate surface area is 137 Å². The molecule has 0 spiro atoms. The average Bonchev–Trinajstić information content (AvgIpc) is 2.73. The highest BCUT2D eigenvalue weighted by atomic mass is 16.3. The van der Waals surface area contributed by atoms with E-state index in [9.17, 15) is 10.2 Å². The van der Waals surface area contributed by atoms with E-state index in [1.54, 1.807) is 12.1 Å². The molecular weight excluding hydrogens is 286 g/mol. The average molecular weight is 309 g/mol. The van der Waals surface area contributed by atoms with Crippen LogP contribution in [0, 0.1) is 0 Å². The molecule has 0 saturated heterocycles. The second kappa shape index (κ2) is 4.85. The maximum absolute atomic E-state index is 11.0. The molecule has 0 amide bonds. The SMILES string of the molecule is CC1=Nc2ccccc2C1(C)c1cc(O)cc(C(C)(C)C)c1O. The van der Waals surface area contributed by atoms with E-state index in [1.807, 2.05) is 52.0 Å². The first-order chi connectivity index (χ1) is 10.7. The van der Waals surface area contributed by atoms with Crippen LogP contribution in [0.3, 0.4) is 0 Å². The zero-order valence-corrected chi connectivity index (χ0v) is 14.3. The quantitative estimate of drug-likeness (QED) is 0.743. The van der Waals surface area contributed by atoms with E-state index >= 15 is 0 Å². The molecule has 1 atom stereocenters. The first-order valence-corrected chi connectivity index (χ1v) is 7.88. The number of fused-ring (bicyclic) bond motifs is 1. The number of para-hydroxylation sites is 1. The van der Waals surface area contributed by atoms with Crippen LogP contribution in [-0.4, -0.2) is 15.9 Å². The standard InChI is InChI=1S/C20H23NO2/c1-12-20(5,14-8-6-7-9-17(14)21-12)16-11-13(22)10-15(18(16)23)19(2,3)4/h6-11,22-23H,1-5H3. The van der Waals surface area contributed by atoms with E-state index in [0.717, 1.165) is 22.5 Å². The molecule has 0 aliphatic carbocycles. The van der Waals surface area contributed by atoms with Crippen molar-refractivity contribution >= 4 is 11.4 Å². The summed E-state index contributed by atoms with van der Waals surface area (Å²) in [4.78, 5) is 4.67. The zero-order chi connectivity index (χ0) is 17.0. The topological polar surface area (TPSA) is 52.8 Å². The number of phenolic OH excluding ortho intramolecular Hbond substituents is 2. The number of aliphatic imine (C=N–C) groups is 1. The number of rotatable bonds is 1. The summed E-state index contributed by atoms with van der Waals surface area (Å²) in [5.41, 5.74) is 3.53. The largest absolute Gasteiger partial charge is 0.508 e. The molecule has 1 aliphatic rings. The lowest BCUT2D eigenvalue weighted by Crippen LogP contribution is -2.30. The van der Waals surface area contributed by atoms with Crippen LogP contribution in [0.1, 0.15) is 51.3 Å². The van der Waals surface area contributed by atoms with Crippen molar-refractivity contribution in [1.82, 2.24) is 0 Å². The zero-order valence-electron chi connectivity index (χ0n) is 14.3. The Morgan fingerprint density at radius 3 is 2.30 bits per heavy atom. The van der Waals surface area contributed by atoms with Crippen molar-refractivity contribution in [3.63, 3.8) is 0 Å². The fourth-order valence-corrected chi connectivity index (χ4v) is 3.39. The van der Waals surface area contributed by atoms with Gasteiger partial charge in [-0.05, 0) is 43.0 Å². The minimum atomic E-state index is -0.542. The van der Waals surface area contributed by atoms with Gasteiger partial charge in [-0.25, -0.2) is 0 Å². The second-order valence-corrected chi connectivity index (χ2v) is 7.48. The van der Waals surface area contributed by atoms with Gasteiger partial charge in [0.15, 0.2) is 0 Å². The summed E-state index contributed by atoms with van der Waals surface area (Å²) < 4.78 is 0. The highest BCUT2D eigenvalue weighted by Gasteiger charge is 2.41. The second-order valence-electron chi connectivity index (χ2n) is 7.48. The van der Waals surface area contributed by atoms with Gasteiger partial charge in [0.25, 0.3) is 0 Å². The molecule has 0 radical (unpaired) electrons. The maximum Gasteiger partial charge on any atom is 0.124 e. The van der Waals surface area contributed by atoms with Crippen molar-refractivity contribution in [3.05, 3.63) is 53.1 Å². The highest BCUT2D eigenvalue weighted by Crippen LogP contribution is 2.50. The summed E-state index contributed by atoms with van der Waals surface area (Å²) in [6, 6.07) is 11.3. The summed E-state index contributed by atoms with van der Waals surface area (Å²) in [6.45, 7) is 10.1. The first-order valence-electron chi connectivity index (χ1n) is 7.88. The Morgan fingerprint density at radius 2 is 1.65 bits per heavy atom. The monoisotopic (exact) mass is 309 g/mol. The minimum absolute atomic E-state index is 0.168. The van der Waals surface area contributed by atoms with E-state index < -0.39 is 5.41 Å². The molecule has 3 nitrogen and oxygen atoms in total. The molecule has 2 aromatic carbocycles. The Kier molecular flexibility index (Phi) is 3.29. The summed E-state index contributed by atoms with van der Waals surface area (Å²) >= 11 is 0. The third-order valence-electron chi connectivity index (χ3n) is 4.90. The van der Waals surface area contributed by atoms with Gasteiger partial charge in [-0.2, -0.15) is 0 Å². The Morgan fingerprint density at radius 1 is 1.00 bits per heavy atom. The van der Waals surface area contributed by atoms with Crippen molar-refractivity contribution < 1.29 is 10.2 Å². The molecule has 0 bridgehead atoms. The molecule has 2 aromatic rings. The smallest absolute Gasteiger partial charge is 0.124 e. The third-order valence-corrected chi connectivity index (χ3v) is 4.90. The van der Waals surface area contributed by atoms with Gasteiger partial charge in [0.2, 0.25) is 0 Å². The summed E-state index contributed by atoms with van der Waals surface area (Å²) in [6.07, 6.45) is 0. The molecule has 3 heteroatoms. The molecule has 23 heavy (non-hydrogen) atoms. The maximum atomic E-state index is 11.0. The first kappa shape index (κ1) is 15.6. The van der Waals surface area contributed by atoms with Crippen molar-refractivity contribution in [2.75, 3.05) is 0 Å². The number of phenols is 2. The van der Waals surface area contributed by atoms with Gasteiger partial charge in [0.1, 0.15) is 11.5 Å². The van der Waals surface area contributed by atoms with Gasteiger partial charge in [-0.3, -0.25) is 4.99 Å². The highest BCUT2D eigenvalue weighted by molar-refractivity contribution is 6.03. The molecule has 0 fully saturated rings. The van der Waals surface area contributed by atoms with E-state index in [0.29, 0.717) is 5.56 Å². The lowest BCUT2D eigenvalue weighted by molar-refractivity contribution is 0.424. The van der Waals surface area contributed by atoms with E-state index in [1.165, 1.54) is 0 Å². The van der Waals surface area contributed by atoms with E-state index in [2.05, 4.69) is 11.9 Å². The van der Waals surface area contributed by atoms with Gasteiger partial charge >= 0.3 is 0 Å².